The fraction of sp³-hybridized carbons (Fsp3) is 0.227. The normalized spacial score (nSPS) is 17.9. The van der Waals surface area contributed by atoms with E-state index in [1.54, 1.807) is 0 Å². The molecular formula is C22H18F3N3O5. The largest absolute Gasteiger partial charge is 0.417 e. The number of amides is 5. The van der Waals surface area contributed by atoms with Gasteiger partial charge in [0.25, 0.3) is 17.7 Å². The number of carbonyl (C=O) groups is 5. The molecule has 1 atom stereocenters. The number of hydrogen-bond donors (Lipinski definition) is 2. The maximum atomic E-state index is 13.3. The Bertz CT molecular complexity index is 1190. The molecule has 172 valence electrons. The van der Waals surface area contributed by atoms with Gasteiger partial charge in [0.2, 0.25) is 11.8 Å². The summed E-state index contributed by atoms with van der Waals surface area (Å²) in [5.41, 5.74) is -2.33. The Morgan fingerprint density at radius 2 is 1.70 bits per heavy atom. The van der Waals surface area contributed by atoms with Crippen LogP contribution in [0.3, 0.4) is 0 Å². The highest BCUT2D eigenvalue weighted by atomic mass is 19.4. The minimum Gasteiger partial charge on any atom is -0.321 e. The number of nitrogens with one attached hydrogen (secondary N) is 2. The third-order valence-electron chi connectivity index (χ3n) is 5.19. The molecule has 2 aliphatic rings. The van der Waals surface area contributed by atoms with Crippen molar-refractivity contribution in [2.45, 2.75) is 32.5 Å². The van der Waals surface area contributed by atoms with Crippen molar-refractivity contribution < 1.29 is 37.1 Å². The molecule has 0 saturated carbocycles. The van der Waals surface area contributed by atoms with E-state index >= 15 is 0 Å². The summed E-state index contributed by atoms with van der Waals surface area (Å²) in [4.78, 5) is 62.7. The van der Waals surface area contributed by atoms with Crippen molar-refractivity contribution in [1.29, 1.82) is 0 Å². The second-order valence-corrected chi connectivity index (χ2v) is 7.17. The lowest BCUT2D eigenvalue weighted by atomic mass is 10.0. The Morgan fingerprint density at radius 3 is 2.36 bits per heavy atom. The highest BCUT2D eigenvalue weighted by molar-refractivity contribution is 6.26. The van der Waals surface area contributed by atoms with Crippen LogP contribution in [0.25, 0.3) is 0 Å². The van der Waals surface area contributed by atoms with Gasteiger partial charge in [0.1, 0.15) is 6.04 Å². The lowest BCUT2D eigenvalue weighted by Crippen LogP contribution is -2.54. The average Bonchev–Trinajstić information content (AvgIpc) is 2.99. The highest BCUT2D eigenvalue weighted by Crippen LogP contribution is 2.34. The minimum atomic E-state index is -4.78. The first kappa shape index (κ1) is 23.6. The van der Waals surface area contributed by atoms with Crippen LogP contribution in [-0.4, -0.2) is 40.5 Å². The molecule has 33 heavy (non-hydrogen) atoms. The van der Waals surface area contributed by atoms with Crippen molar-refractivity contribution in [2.75, 3.05) is 5.32 Å². The molecule has 11 heteroatoms. The van der Waals surface area contributed by atoms with Gasteiger partial charge in [-0.3, -0.25) is 34.2 Å². The van der Waals surface area contributed by atoms with Crippen LogP contribution >= 0.6 is 0 Å². The maximum Gasteiger partial charge on any atom is 0.417 e. The highest BCUT2D eigenvalue weighted by Gasteiger charge is 2.46. The van der Waals surface area contributed by atoms with Crippen molar-refractivity contribution in [3.8, 4) is 0 Å². The summed E-state index contributed by atoms with van der Waals surface area (Å²) in [6.45, 7) is 0. The smallest absolute Gasteiger partial charge is 0.321 e. The van der Waals surface area contributed by atoms with E-state index in [9.17, 15) is 37.1 Å². The molecule has 0 spiro atoms. The first-order chi connectivity index (χ1) is 15.1. The van der Waals surface area contributed by atoms with Gasteiger partial charge in [-0.1, -0.05) is 25.6 Å². The van der Waals surface area contributed by atoms with Gasteiger partial charge in [0.05, 0.1) is 27.9 Å². The fourth-order valence-electron chi connectivity index (χ4n) is 3.74. The summed E-state index contributed by atoms with van der Waals surface area (Å²) in [5, 5.41) is 4.33. The lowest BCUT2D eigenvalue weighted by molar-refractivity contribution is -0.138. The molecule has 0 radical (unpaired) electrons. The topological polar surface area (TPSA) is 113 Å². The van der Waals surface area contributed by atoms with Gasteiger partial charge < -0.3 is 5.32 Å². The second kappa shape index (κ2) is 8.49. The predicted molar refractivity (Wildman–Crippen MR) is 109 cm³/mol. The molecule has 2 aliphatic heterocycles. The molecule has 0 bridgehead atoms. The van der Waals surface area contributed by atoms with E-state index in [-0.39, 0.29) is 37.1 Å². The number of rotatable bonds is 3. The molecule has 2 N–H and O–H groups in total. The van der Waals surface area contributed by atoms with E-state index in [0.29, 0.717) is 4.90 Å². The molecule has 2 heterocycles. The van der Waals surface area contributed by atoms with Gasteiger partial charge in [-0.05, 0) is 30.7 Å². The lowest BCUT2D eigenvalue weighted by Gasteiger charge is -2.27. The van der Waals surface area contributed by atoms with E-state index in [1.807, 2.05) is 0 Å². The molecular weight excluding hydrogens is 443 g/mol. The van der Waals surface area contributed by atoms with Crippen molar-refractivity contribution >= 4 is 35.2 Å². The standard InChI is InChI=1S/C21H14F3N3O5.CH4/c22-21(23,24)12-6-2-1-4-10(12)17(29)25-13-7-3-5-11-16(13)20(32)27(19(11)31)14-8-9-15(28)26-18(14)30;/h1-7,14H,8-9H2,(H,25,29)(H,26,28,30);1H4. The number of benzene rings is 2. The number of alkyl halides is 3. The summed E-state index contributed by atoms with van der Waals surface area (Å²) < 4.78 is 39.8. The molecule has 8 nitrogen and oxygen atoms in total. The van der Waals surface area contributed by atoms with Crippen molar-refractivity contribution in [1.82, 2.24) is 10.2 Å². The van der Waals surface area contributed by atoms with Crippen LogP contribution in [0.4, 0.5) is 18.9 Å². The van der Waals surface area contributed by atoms with E-state index in [2.05, 4.69) is 10.6 Å². The zero-order chi connectivity index (χ0) is 23.2. The summed E-state index contributed by atoms with van der Waals surface area (Å²) in [6, 6.07) is 6.86. The van der Waals surface area contributed by atoms with Crippen LogP contribution in [0.2, 0.25) is 0 Å². The van der Waals surface area contributed by atoms with Crippen LogP contribution in [0.5, 0.6) is 0 Å². The van der Waals surface area contributed by atoms with Crippen LogP contribution in [0.15, 0.2) is 42.5 Å². The molecule has 0 aromatic heterocycles. The Kier molecular flexibility index (Phi) is 6.08. The summed E-state index contributed by atoms with van der Waals surface area (Å²) in [6.07, 6.45) is -4.90. The van der Waals surface area contributed by atoms with Gasteiger partial charge in [0.15, 0.2) is 0 Å². The van der Waals surface area contributed by atoms with E-state index < -0.39 is 52.9 Å². The Balaban J connectivity index is 0.00000306. The molecule has 1 saturated heterocycles. The number of nitrogens with zero attached hydrogens (tertiary/aromatic N) is 1. The number of fused-ring (bicyclic) bond motifs is 1. The quantitative estimate of drug-likeness (QED) is 0.683. The Morgan fingerprint density at radius 1 is 1.00 bits per heavy atom. The second-order valence-electron chi connectivity index (χ2n) is 7.17. The minimum absolute atomic E-state index is 0. The van der Waals surface area contributed by atoms with Crippen molar-refractivity contribution in [2.24, 2.45) is 0 Å². The monoisotopic (exact) mass is 461 g/mol. The number of piperidine rings is 1. The van der Waals surface area contributed by atoms with Crippen LogP contribution in [-0.2, 0) is 15.8 Å². The molecule has 2 aromatic carbocycles. The number of carbonyl (C=O) groups excluding carboxylic acids is 5. The first-order valence-corrected chi connectivity index (χ1v) is 9.41. The third kappa shape index (κ3) is 4.09. The Labute approximate surface area is 185 Å². The van der Waals surface area contributed by atoms with Crippen LogP contribution < -0.4 is 10.6 Å². The van der Waals surface area contributed by atoms with Gasteiger partial charge in [-0.15, -0.1) is 0 Å². The van der Waals surface area contributed by atoms with Crippen LogP contribution in [0.1, 0.15) is 56.9 Å². The fourth-order valence-corrected chi connectivity index (χ4v) is 3.74. The van der Waals surface area contributed by atoms with Gasteiger partial charge in [-0.2, -0.15) is 13.2 Å². The molecule has 2 aromatic rings. The molecule has 0 aliphatic carbocycles. The Hall–Kier alpha value is -4.02. The van der Waals surface area contributed by atoms with E-state index in [1.165, 1.54) is 24.3 Å². The molecule has 1 unspecified atom stereocenters. The zero-order valence-corrected chi connectivity index (χ0v) is 16.2. The number of hydrogen-bond acceptors (Lipinski definition) is 5. The van der Waals surface area contributed by atoms with E-state index in [0.717, 1.165) is 18.2 Å². The number of halogens is 3. The van der Waals surface area contributed by atoms with E-state index in [4.69, 9.17) is 0 Å². The maximum absolute atomic E-state index is 13.3. The first-order valence-electron chi connectivity index (χ1n) is 9.41. The summed E-state index contributed by atoms with van der Waals surface area (Å²) >= 11 is 0. The third-order valence-corrected chi connectivity index (χ3v) is 5.19. The zero-order valence-electron chi connectivity index (χ0n) is 16.2. The molecule has 5 amide bonds. The predicted octanol–water partition coefficient (Wildman–Crippen LogP) is 3.00. The van der Waals surface area contributed by atoms with Crippen LogP contribution in [0, 0.1) is 0 Å². The van der Waals surface area contributed by atoms with Gasteiger partial charge in [-0.25, -0.2) is 0 Å². The molecule has 4 rings (SSSR count). The van der Waals surface area contributed by atoms with Crippen molar-refractivity contribution in [3.63, 3.8) is 0 Å². The number of anilines is 1. The summed E-state index contributed by atoms with van der Waals surface area (Å²) in [7, 11) is 0. The summed E-state index contributed by atoms with van der Waals surface area (Å²) in [5.74, 6) is -4.14. The van der Waals surface area contributed by atoms with Gasteiger partial charge >= 0.3 is 6.18 Å². The van der Waals surface area contributed by atoms with Crippen molar-refractivity contribution in [3.05, 3.63) is 64.7 Å². The molecule has 1 fully saturated rings. The average molecular weight is 461 g/mol. The van der Waals surface area contributed by atoms with Gasteiger partial charge in [0, 0.05) is 6.42 Å². The SMILES string of the molecule is C.O=C1CCC(N2C(=O)c3cccc(NC(=O)c4ccccc4C(F)(F)F)c3C2=O)C(=O)N1. The number of imide groups is 2.